The van der Waals surface area contributed by atoms with Crippen LogP contribution in [0.1, 0.15) is 18.9 Å². The Labute approximate surface area is 84.2 Å². The Morgan fingerprint density at radius 3 is 2.27 bits per heavy atom. The summed E-state index contributed by atoms with van der Waals surface area (Å²) in [6, 6.07) is 0. The average Bonchev–Trinajstić information content (AvgIpc) is 2.47. The molecule has 1 aromatic rings. The minimum absolute atomic E-state index is 0.534. The molecule has 0 fully saturated rings. The maximum atomic E-state index is 9.75. The molecule has 1 N–H and O–H groups in total. The fourth-order valence-electron chi connectivity index (χ4n) is 0.803. The average molecular weight is 225 g/mol. The van der Waals surface area contributed by atoms with E-state index in [2.05, 4.69) is 11.6 Å². The Morgan fingerprint density at radius 2 is 2.00 bits per heavy atom. The van der Waals surface area contributed by atoms with Crippen LogP contribution in [0.15, 0.2) is 19.0 Å². The van der Waals surface area contributed by atoms with Crippen LogP contribution in [-0.4, -0.2) is 21.9 Å². The van der Waals surface area contributed by atoms with Crippen molar-refractivity contribution in [1.82, 2.24) is 9.55 Å². The van der Waals surface area contributed by atoms with E-state index < -0.39 is 13.4 Å². The summed E-state index contributed by atoms with van der Waals surface area (Å²) in [6.07, 6.45) is 4.45. The zero-order valence-corrected chi connectivity index (χ0v) is 7.95. The highest BCUT2D eigenvalue weighted by atomic mass is 19.5. The Hall–Kier alpha value is -1.31. The van der Waals surface area contributed by atoms with Crippen molar-refractivity contribution in [3.05, 3.63) is 24.8 Å². The second-order valence-electron chi connectivity index (χ2n) is 2.55. The minimum atomic E-state index is -6.00. The van der Waals surface area contributed by atoms with E-state index in [-0.39, 0.29) is 0 Å². The van der Waals surface area contributed by atoms with Gasteiger partial charge in [0.2, 0.25) is 0 Å². The van der Waals surface area contributed by atoms with Crippen LogP contribution in [0.25, 0.3) is 6.20 Å². The van der Waals surface area contributed by atoms with Crippen molar-refractivity contribution in [3.8, 4) is 0 Å². The zero-order chi connectivity index (χ0) is 12.1. The number of imidazole rings is 1. The minimum Gasteiger partial charge on any atom is -0.418 e. The van der Waals surface area contributed by atoms with Crippen molar-refractivity contribution in [2.45, 2.75) is 13.0 Å². The molecule has 1 aromatic heterocycles. The van der Waals surface area contributed by atoms with Gasteiger partial charge in [0.05, 0.1) is 0 Å². The van der Waals surface area contributed by atoms with E-state index in [0.717, 1.165) is 0 Å². The van der Waals surface area contributed by atoms with E-state index in [1.165, 1.54) is 0 Å². The Morgan fingerprint density at radius 1 is 1.53 bits per heavy atom. The second kappa shape index (κ2) is 5.55. The molecule has 0 bridgehead atoms. The first-order chi connectivity index (χ1) is 6.75. The van der Waals surface area contributed by atoms with Crippen LogP contribution >= 0.6 is 0 Å². The molecule has 0 radical (unpaired) electrons. The third-order valence-electron chi connectivity index (χ3n) is 1.27. The summed E-state index contributed by atoms with van der Waals surface area (Å²) in [4.78, 5) is 3.93. The van der Waals surface area contributed by atoms with Gasteiger partial charge in [0, 0.05) is 18.6 Å². The molecule has 0 aromatic carbocycles. The van der Waals surface area contributed by atoms with Gasteiger partial charge in [0.15, 0.2) is 0 Å². The number of halogens is 4. The standard InChI is InChI=1S/C7H10N2O.BF4/c1-3-9-5-4-8-7(9)6(2)10;2-1(3,4)5/h3-6,10H,1H2,2H3;/q;-1. The lowest BCUT2D eigenvalue weighted by Crippen LogP contribution is -2.02. The first kappa shape index (κ1) is 13.7. The number of nitrogens with zero attached hydrogens (tertiary/aromatic N) is 2. The van der Waals surface area contributed by atoms with Gasteiger partial charge in [-0.25, -0.2) is 4.98 Å². The van der Waals surface area contributed by atoms with Crippen LogP contribution in [-0.2, 0) is 0 Å². The van der Waals surface area contributed by atoms with Gasteiger partial charge in [-0.05, 0) is 6.92 Å². The van der Waals surface area contributed by atoms with Gasteiger partial charge >= 0.3 is 7.25 Å². The van der Waals surface area contributed by atoms with Crippen molar-refractivity contribution in [2.75, 3.05) is 0 Å². The molecule has 1 rings (SSSR count). The molecule has 1 unspecified atom stereocenters. The molecule has 0 saturated carbocycles. The van der Waals surface area contributed by atoms with Gasteiger partial charge in [-0.2, -0.15) is 0 Å². The number of rotatable bonds is 2. The molecular formula is C7H10BF4N2O-. The highest BCUT2D eigenvalue weighted by molar-refractivity contribution is 6.50. The maximum Gasteiger partial charge on any atom is 0.673 e. The van der Waals surface area contributed by atoms with Gasteiger partial charge < -0.3 is 26.9 Å². The highest BCUT2D eigenvalue weighted by Crippen LogP contribution is 2.08. The summed E-state index contributed by atoms with van der Waals surface area (Å²) in [7, 11) is -6.00. The largest absolute Gasteiger partial charge is 0.673 e. The molecule has 1 heterocycles. The molecule has 0 spiro atoms. The summed E-state index contributed by atoms with van der Waals surface area (Å²) in [5, 5.41) is 9.09. The normalized spacial score (nSPS) is 12.7. The lowest BCUT2D eigenvalue weighted by molar-refractivity contribution is 0.188. The van der Waals surface area contributed by atoms with Crippen molar-refractivity contribution in [1.29, 1.82) is 0 Å². The third kappa shape index (κ3) is 6.72. The highest BCUT2D eigenvalue weighted by Gasteiger charge is 2.20. The predicted octanol–water partition coefficient (Wildman–Crippen LogP) is 2.34. The number of aliphatic hydroxyl groups is 1. The van der Waals surface area contributed by atoms with Crippen molar-refractivity contribution in [3.63, 3.8) is 0 Å². The first-order valence-corrected chi connectivity index (χ1v) is 3.96. The van der Waals surface area contributed by atoms with Crippen LogP contribution in [0.5, 0.6) is 0 Å². The third-order valence-corrected chi connectivity index (χ3v) is 1.27. The maximum absolute atomic E-state index is 9.75. The fourth-order valence-corrected chi connectivity index (χ4v) is 0.803. The molecule has 0 aliphatic heterocycles. The number of hydrogen-bond donors (Lipinski definition) is 1. The second-order valence-corrected chi connectivity index (χ2v) is 2.55. The number of aromatic nitrogens is 2. The van der Waals surface area contributed by atoms with Gasteiger partial charge in [0.25, 0.3) is 0 Å². The molecule has 1 atom stereocenters. The Bertz CT molecular complexity index is 304. The van der Waals surface area contributed by atoms with Crippen molar-refractivity contribution < 1.29 is 22.4 Å². The molecule has 8 heteroatoms. The van der Waals surface area contributed by atoms with Crippen LogP contribution < -0.4 is 0 Å². The Kier molecular flexibility index (Phi) is 5.06. The predicted molar refractivity (Wildman–Crippen MR) is 49.4 cm³/mol. The lowest BCUT2D eigenvalue weighted by atomic mass is 10.3. The van der Waals surface area contributed by atoms with Crippen LogP contribution in [0.2, 0.25) is 0 Å². The monoisotopic (exact) mass is 225 g/mol. The first-order valence-electron chi connectivity index (χ1n) is 3.96. The van der Waals surface area contributed by atoms with E-state index in [4.69, 9.17) is 5.11 Å². The van der Waals surface area contributed by atoms with Crippen LogP contribution in [0.3, 0.4) is 0 Å². The van der Waals surface area contributed by atoms with E-state index >= 15 is 0 Å². The molecule has 0 saturated heterocycles. The zero-order valence-electron chi connectivity index (χ0n) is 7.95. The molecular weight excluding hydrogens is 215 g/mol. The van der Waals surface area contributed by atoms with E-state index in [1.807, 2.05) is 0 Å². The lowest BCUT2D eigenvalue weighted by Gasteiger charge is -2.02. The van der Waals surface area contributed by atoms with Gasteiger partial charge in [-0.3, -0.25) is 0 Å². The van der Waals surface area contributed by atoms with Crippen LogP contribution in [0, 0.1) is 0 Å². The number of hydrogen-bond acceptors (Lipinski definition) is 2. The molecule has 0 aliphatic carbocycles. The SMILES string of the molecule is C=Cn1ccnc1C(C)O.F[B-](F)(F)F. The van der Waals surface area contributed by atoms with Crippen LogP contribution in [0.4, 0.5) is 17.3 Å². The van der Waals surface area contributed by atoms with Gasteiger partial charge in [-0.15, -0.1) is 0 Å². The van der Waals surface area contributed by atoms with Crippen molar-refractivity contribution in [2.24, 2.45) is 0 Å². The molecule has 0 aliphatic rings. The van der Waals surface area contributed by atoms with Gasteiger partial charge in [0.1, 0.15) is 11.9 Å². The van der Waals surface area contributed by atoms with E-state index in [9.17, 15) is 17.3 Å². The Balaban J connectivity index is 0.000000336. The fraction of sp³-hybridized carbons (Fsp3) is 0.286. The van der Waals surface area contributed by atoms with E-state index in [1.54, 1.807) is 30.1 Å². The summed E-state index contributed by atoms with van der Waals surface area (Å²) in [5.41, 5.74) is 0. The smallest absolute Gasteiger partial charge is 0.418 e. The summed E-state index contributed by atoms with van der Waals surface area (Å²) >= 11 is 0. The quantitative estimate of drug-likeness (QED) is 0.619. The summed E-state index contributed by atoms with van der Waals surface area (Å²) < 4.78 is 40.7. The summed E-state index contributed by atoms with van der Waals surface area (Å²) in [6.45, 7) is 5.23. The molecule has 15 heavy (non-hydrogen) atoms. The van der Waals surface area contributed by atoms with E-state index in [0.29, 0.717) is 5.82 Å². The van der Waals surface area contributed by atoms with Crippen molar-refractivity contribution >= 4 is 13.5 Å². The summed E-state index contributed by atoms with van der Waals surface area (Å²) in [5.74, 6) is 0.620. The molecule has 3 nitrogen and oxygen atoms in total. The number of aliphatic hydroxyl groups excluding tert-OH is 1. The molecule has 86 valence electrons. The molecule has 0 amide bonds. The topological polar surface area (TPSA) is 38.0 Å². The van der Waals surface area contributed by atoms with Gasteiger partial charge in [-0.1, -0.05) is 6.58 Å².